The van der Waals surface area contributed by atoms with Gasteiger partial charge in [0.1, 0.15) is 0 Å². The van der Waals surface area contributed by atoms with Crippen LogP contribution in [0.4, 0.5) is 20.2 Å². The van der Waals surface area contributed by atoms with Gasteiger partial charge in [-0.2, -0.15) is 11.8 Å². The lowest BCUT2D eigenvalue weighted by Gasteiger charge is -2.15. The van der Waals surface area contributed by atoms with Crippen LogP contribution in [-0.4, -0.2) is 17.5 Å². The molecule has 1 saturated heterocycles. The highest BCUT2D eigenvalue weighted by atomic mass is 32.2. The quantitative estimate of drug-likeness (QED) is 0.812. The first kappa shape index (κ1) is 12.5. The number of hydrogen-bond acceptors (Lipinski definition) is 3. The maximum absolute atomic E-state index is 12.8. The molecule has 1 aliphatic rings. The van der Waals surface area contributed by atoms with E-state index >= 15 is 0 Å². The number of alkyl halides is 2. The molecule has 17 heavy (non-hydrogen) atoms. The van der Waals surface area contributed by atoms with Crippen LogP contribution in [0.25, 0.3) is 0 Å². The highest BCUT2D eigenvalue weighted by molar-refractivity contribution is 8.00. The second-order valence-corrected chi connectivity index (χ2v) is 5.57. The van der Waals surface area contributed by atoms with Gasteiger partial charge in [-0.15, -0.1) is 0 Å². The first-order valence-electron chi connectivity index (χ1n) is 5.70. The van der Waals surface area contributed by atoms with Gasteiger partial charge >= 0.3 is 0 Å². The van der Waals surface area contributed by atoms with Crippen LogP contribution in [-0.2, 0) is 0 Å². The molecule has 94 valence electrons. The Morgan fingerprint density at radius 2 is 2.29 bits per heavy atom. The predicted octanol–water partition coefficient (Wildman–Crippen LogP) is 3.51. The number of anilines is 2. The van der Waals surface area contributed by atoms with Gasteiger partial charge in [-0.05, 0) is 36.8 Å². The molecule has 3 N–H and O–H groups in total. The maximum Gasteiger partial charge on any atom is 0.265 e. The molecule has 0 amide bonds. The van der Waals surface area contributed by atoms with E-state index in [9.17, 15) is 8.78 Å². The molecule has 2 nitrogen and oxygen atoms in total. The predicted molar refractivity (Wildman–Crippen MR) is 69.8 cm³/mol. The van der Waals surface area contributed by atoms with Crippen molar-refractivity contribution in [3.8, 4) is 0 Å². The van der Waals surface area contributed by atoms with Crippen molar-refractivity contribution in [3.63, 3.8) is 0 Å². The van der Waals surface area contributed by atoms with Crippen LogP contribution < -0.4 is 11.1 Å². The molecule has 0 aliphatic carbocycles. The van der Waals surface area contributed by atoms with Crippen molar-refractivity contribution in [2.45, 2.75) is 24.5 Å². The molecule has 1 aromatic carbocycles. The molecule has 1 atom stereocenters. The molecule has 0 radical (unpaired) electrons. The summed E-state index contributed by atoms with van der Waals surface area (Å²) in [5.41, 5.74) is 6.39. The normalized spacial score (nSPS) is 19.8. The zero-order valence-corrected chi connectivity index (χ0v) is 10.3. The molecule has 0 spiro atoms. The molecule has 0 aromatic heterocycles. The van der Waals surface area contributed by atoms with E-state index in [1.165, 1.54) is 18.2 Å². The fraction of sp³-hybridized carbons (Fsp3) is 0.500. The Hall–Kier alpha value is -0.970. The van der Waals surface area contributed by atoms with Gasteiger partial charge < -0.3 is 11.1 Å². The zero-order valence-electron chi connectivity index (χ0n) is 9.46. The Kier molecular flexibility index (Phi) is 4.10. The minimum atomic E-state index is -2.49. The number of benzene rings is 1. The number of halogens is 2. The fourth-order valence-corrected chi connectivity index (χ4v) is 3.15. The minimum absolute atomic E-state index is 0.00648. The van der Waals surface area contributed by atoms with Crippen LogP contribution in [0.5, 0.6) is 0 Å². The fourth-order valence-electron chi connectivity index (χ4n) is 1.95. The molecule has 2 rings (SSSR count). The van der Waals surface area contributed by atoms with Crippen molar-refractivity contribution in [2.24, 2.45) is 0 Å². The van der Waals surface area contributed by atoms with E-state index < -0.39 is 6.43 Å². The Labute approximate surface area is 104 Å². The molecule has 0 saturated carbocycles. The van der Waals surface area contributed by atoms with Gasteiger partial charge in [0.2, 0.25) is 0 Å². The number of hydrogen-bond donors (Lipinski definition) is 2. The smallest absolute Gasteiger partial charge is 0.265 e. The summed E-state index contributed by atoms with van der Waals surface area (Å²) in [7, 11) is 0. The van der Waals surface area contributed by atoms with Gasteiger partial charge in [0.25, 0.3) is 6.43 Å². The Balaban J connectivity index is 2.03. The summed E-state index contributed by atoms with van der Waals surface area (Å²) >= 11 is 1.90. The number of nitrogens with two attached hydrogens (primary N) is 1. The summed E-state index contributed by atoms with van der Waals surface area (Å²) in [5, 5.41) is 3.65. The lowest BCUT2D eigenvalue weighted by molar-refractivity contribution is 0.152. The number of rotatable bonds is 4. The average Bonchev–Trinajstić information content (AvgIpc) is 2.80. The Bertz CT molecular complexity index is 379. The first-order valence-corrected chi connectivity index (χ1v) is 6.75. The van der Waals surface area contributed by atoms with Crippen molar-refractivity contribution in [3.05, 3.63) is 23.8 Å². The molecule has 1 unspecified atom stereocenters. The van der Waals surface area contributed by atoms with Crippen molar-refractivity contribution < 1.29 is 8.78 Å². The van der Waals surface area contributed by atoms with Crippen LogP contribution in [0.3, 0.4) is 0 Å². The molecule has 1 aliphatic heterocycles. The third-order valence-electron chi connectivity index (χ3n) is 2.85. The Morgan fingerprint density at radius 1 is 1.47 bits per heavy atom. The lowest BCUT2D eigenvalue weighted by atomic mass is 10.1. The maximum atomic E-state index is 12.8. The topological polar surface area (TPSA) is 38.0 Å². The molecule has 5 heteroatoms. The van der Waals surface area contributed by atoms with Crippen LogP contribution in [0, 0.1) is 0 Å². The number of thioether (sulfide) groups is 1. The van der Waals surface area contributed by atoms with Gasteiger partial charge in [0.05, 0.1) is 0 Å². The SMILES string of the molecule is Nc1ccc(NCC2CCCS2)c(C(F)F)c1. The van der Waals surface area contributed by atoms with Crippen molar-refractivity contribution >= 4 is 23.1 Å². The summed E-state index contributed by atoms with van der Waals surface area (Å²) in [6.45, 7) is 0.744. The summed E-state index contributed by atoms with van der Waals surface area (Å²) in [5.74, 6) is 1.18. The monoisotopic (exact) mass is 258 g/mol. The highest BCUT2D eigenvalue weighted by Gasteiger charge is 2.17. The van der Waals surface area contributed by atoms with E-state index in [2.05, 4.69) is 5.32 Å². The van der Waals surface area contributed by atoms with E-state index in [4.69, 9.17) is 5.73 Å². The highest BCUT2D eigenvalue weighted by Crippen LogP contribution is 2.31. The summed E-state index contributed by atoms with van der Waals surface area (Å²) in [6.07, 6.45) is -0.103. The molecular weight excluding hydrogens is 242 g/mol. The largest absolute Gasteiger partial charge is 0.399 e. The zero-order chi connectivity index (χ0) is 12.3. The molecule has 1 heterocycles. The number of nitrogens with one attached hydrogen (secondary N) is 1. The third kappa shape index (κ3) is 3.25. The van der Waals surface area contributed by atoms with E-state index in [0.29, 0.717) is 16.6 Å². The van der Waals surface area contributed by atoms with Crippen LogP contribution in [0.15, 0.2) is 18.2 Å². The van der Waals surface area contributed by atoms with E-state index in [1.807, 2.05) is 11.8 Å². The lowest BCUT2D eigenvalue weighted by Crippen LogP contribution is -2.14. The second-order valence-electron chi connectivity index (χ2n) is 4.16. The van der Waals surface area contributed by atoms with Crippen LogP contribution in [0.2, 0.25) is 0 Å². The summed E-state index contributed by atoms with van der Waals surface area (Å²) < 4.78 is 25.6. The van der Waals surface area contributed by atoms with E-state index in [-0.39, 0.29) is 5.56 Å². The van der Waals surface area contributed by atoms with Crippen molar-refractivity contribution in [1.29, 1.82) is 0 Å². The summed E-state index contributed by atoms with van der Waals surface area (Å²) in [4.78, 5) is 0. The van der Waals surface area contributed by atoms with Gasteiger partial charge in [-0.25, -0.2) is 8.78 Å². The average molecular weight is 258 g/mol. The van der Waals surface area contributed by atoms with Crippen molar-refractivity contribution in [1.82, 2.24) is 0 Å². The van der Waals surface area contributed by atoms with Crippen LogP contribution in [0.1, 0.15) is 24.8 Å². The van der Waals surface area contributed by atoms with E-state index in [0.717, 1.165) is 13.0 Å². The Morgan fingerprint density at radius 3 is 2.94 bits per heavy atom. The molecule has 0 bridgehead atoms. The van der Waals surface area contributed by atoms with Crippen LogP contribution >= 0.6 is 11.8 Å². The standard InChI is InChI=1S/C12H16F2N2S/c13-12(14)10-6-8(15)3-4-11(10)16-7-9-2-1-5-17-9/h3-4,6,9,12,16H,1-2,5,7,15H2. The molecule has 1 aromatic rings. The first-order chi connectivity index (χ1) is 8.16. The minimum Gasteiger partial charge on any atom is -0.399 e. The molecular formula is C12H16F2N2S. The number of nitrogen functional groups attached to an aromatic ring is 1. The summed E-state index contributed by atoms with van der Waals surface area (Å²) in [6, 6.07) is 4.63. The second kappa shape index (κ2) is 5.58. The van der Waals surface area contributed by atoms with Gasteiger partial charge in [-0.3, -0.25) is 0 Å². The third-order valence-corrected chi connectivity index (χ3v) is 4.25. The van der Waals surface area contributed by atoms with Crippen molar-refractivity contribution in [2.75, 3.05) is 23.3 Å². The van der Waals surface area contributed by atoms with E-state index in [1.54, 1.807) is 12.1 Å². The van der Waals surface area contributed by atoms with Gasteiger partial charge in [0.15, 0.2) is 0 Å². The van der Waals surface area contributed by atoms with Gasteiger partial charge in [-0.1, -0.05) is 0 Å². The molecule has 1 fully saturated rings. The van der Waals surface area contributed by atoms with Gasteiger partial charge in [0, 0.05) is 28.7 Å².